The Balaban J connectivity index is 1.90. The zero-order valence-corrected chi connectivity index (χ0v) is 16.0. The molecule has 0 fully saturated rings. The standard InChI is InChI=1S/C22H26N2O4/c1-28-21(26)14-8-9-15-23-20(25)16-19(17-10-4-2-5-11-17)24-22(27)18-12-6-3-7-13-18/h2-7,10-13,19H,8-9,14-16H2,1H3,(H,23,25)(H,24,27)/t19-/m0/s1. The zero-order chi connectivity index (χ0) is 20.2. The number of hydrogen-bond acceptors (Lipinski definition) is 4. The lowest BCUT2D eigenvalue weighted by molar-refractivity contribution is -0.140. The van der Waals surface area contributed by atoms with Gasteiger partial charge in [-0.15, -0.1) is 0 Å². The van der Waals surface area contributed by atoms with Gasteiger partial charge in [0.25, 0.3) is 5.91 Å². The van der Waals surface area contributed by atoms with Gasteiger partial charge in [0.15, 0.2) is 0 Å². The largest absolute Gasteiger partial charge is 0.469 e. The van der Waals surface area contributed by atoms with Gasteiger partial charge < -0.3 is 15.4 Å². The molecule has 0 spiro atoms. The Kier molecular flexibility index (Phi) is 8.72. The molecular weight excluding hydrogens is 356 g/mol. The number of amides is 2. The molecule has 2 aromatic rings. The Hall–Kier alpha value is -3.15. The van der Waals surface area contributed by atoms with Crippen LogP contribution >= 0.6 is 0 Å². The molecule has 2 aromatic carbocycles. The summed E-state index contributed by atoms with van der Waals surface area (Å²) in [7, 11) is 1.36. The van der Waals surface area contributed by atoms with E-state index in [0.29, 0.717) is 31.4 Å². The monoisotopic (exact) mass is 382 g/mol. The van der Waals surface area contributed by atoms with E-state index in [1.807, 2.05) is 36.4 Å². The lowest BCUT2D eigenvalue weighted by Gasteiger charge is -2.19. The molecule has 0 aliphatic rings. The summed E-state index contributed by atoms with van der Waals surface area (Å²) in [4.78, 5) is 35.9. The third-order valence-corrected chi connectivity index (χ3v) is 4.29. The van der Waals surface area contributed by atoms with Gasteiger partial charge in [-0.3, -0.25) is 14.4 Å². The van der Waals surface area contributed by atoms with Crippen LogP contribution in [-0.2, 0) is 14.3 Å². The number of methoxy groups -OCH3 is 1. The third-order valence-electron chi connectivity index (χ3n) is 4.29. The number of carbonyl (C=O) groups is 3. The van der Waals surface area contributed by atoms with Crippen molar-refractivity contribution < 1.29 is 19.1 Å². The lowest BCUT2D eigenvalue weighted by atomic mass is 10.0. The van der Waals surface area contributed by atoms with E-state index in [2.05, 4.69) is 15.4 Å². The van der Waals surface area contributed by atoms with Gasteiger partial charge in [0.05, 0.1) is 19.6 Å². The highest BCUT2D eigenvalue weighted by Gasteiger charge is 2.19. The van der Waals surface area contributed by atoms with Crippen LogP contribution < -0.4 is 10.6 Å². The Morgan fingerprint density at radius 1 is 0.929 bits per heavy atom. The number of rotatable bonds is 10. The fourth-order valence-corrected chi connectivity index (χ4v) is 2.75. The molecule has 2 rings (SSSR count). The summed E-state index contributed by atoms with van der Waals surface area (Å²) in [6, 6.07) is 17.9. The normalized spacial score (nSPS) is 11.3. The number of nitrogens with one attached hydrogen (secondary N) is 2. The first-order chi connectivity index (χ1) is 13.6. The first-order valence-electron chi connectivity index (χ1n) is 9.34. The first kappa shape index (κ1) is 21.2. The van der Waals surface area contributed by atoms with Gasteiger partial charge in [0.2, 0.25) is 5.91 Å². The molecule has 0 radical (unpaired) electrons. The second kappa shape index (κ2) is 11.5. The number of esters is 1. The van der Waals surface area contributed by atoms with Crippen LogP contribution in [0.2, 0.25) is 0 Å². The molecule has 0 heterocycles. The van der Waals surface area contributed by atoms with Crippen LogP contribution in [0.15, 0.2) is 60.7 Å². The Labute approximate surface area is 165 Å². The molecular formula is C22H26N2O4. The smallest absolute Gasteiger partial charge is 0.305 e. The van der Waals surface area contributed by atoms with Crippen molar-refractivity contribution in [2.75, 3.05) is 13.7 Å². The lowest BCUT2D eigenvalue weighted by Crippen LogP contribution is -2.34. The predicted octanol–water partition coefficient (Wildman–Crippen LogP) is 3.01. The van der Waals surface area contributed by atoms with Crippen molar-refractivity contribution in [3.8, 4) is 0 Å². The second-order valence-corrected chi connectivity index (χ2v) is 6.39. The number of benzene rings is 2. The summed E-state index contributed by atoms with van der Waals surface area (Å²) in [5.41, 5.74) is 1.42. The van der Waals surface area contributed by atoms with Crippen molar-refractivity contribution >= 4 is 17.8 Å². The number of hydrogen-bond donors (Lipinski definition) is 2. The van der Waals surface area contributed by atoms with E-state index in [-0.39, 0.29) is 24.2 Å². The highest BCUT2D eigenvalue weighted by molar-refractivity contribution is 5.94. The minimum atomic E-state index is -0.427. The van der Waals surface area contributed by atoms with E-state index in [4.69, 9.17) is 0 Å². The van der Waals surface area contributed by atoms with Crippen molar-refractivity contribution in [1.82, 2.24) is 10.6 Å². The average molecular weight is 382 g/mol. The molecule has 0 saturated heterocycles. The molecule has 0 bridgehead atoms. The SMILES string of the molecule is COC(=O)CCCCNC(=O)C[C@H](NC(=O)c1ccccc1)c1ccccc1. The van der Waals surface area contributed by atoms with Crippen LogP contribution in [0.5, 0.6) is 0 Å². The van der Waals surface area contributed by atoms with Gasteiger partial charge in [-0.25, -0.2) is 0 Å². The zero-order valence-electron chi connectivity index (χ0n) is 16.0. The Morgan fingerprint density at radius 3 is 2.21 bits per heavy atom. The fourth-order valence-electron chi connectivity index (χ4n) is 2.75. The van der Waals surface area contributed by atoms with Gasteiger partial charge in [-0.1, -0.05) is 48.5 Å². The topological polar surface area (TPSA) is 84.5 Å². The number of carbonyl (C=O) groups excluding carboxylic acids is 3. The predicted molar refractivity (Wildman–Crippen MR) is 107 cm³/mol. The molecule has 0 unspecified atom stereocenters. The summed E-state index contributed by atoms with van der Waals surface area (Å²) in [6.07, 6.45) is 1.82. The van der Waals surface area contributed by atoms with Gasteiger partial charge in [0.1, 0.15) is 0 Å². The van der Waals surface area contributed by atoms with Crippen LogP contribution in [0.1, 0.15) is 47.6 Å². The highest BCUT2D eigenvalue weighted by atomic mass is 16.5. The summed E-state index contributed by atoms with van der Waals surface area (Å²) >= 11 is 0. The van der Waals surface area contributed by atoms with Crippen molar-refractivity contribution in [3.05, 3.63) is 71.8 Å². The van der Waals surface area contributed by atoms with Crippen molar-refractivity contribution in [1.29, 1.82) is 0 Å². The molecule has 148 valence electrons. The molecule has 2 amide bonds. The summed E-state index contributed by atoms with van der Waals surface area (Å²) < 4.78 is 4.59. The van der Waals surface area contributed by atoms with Crippen LogP contribution in [0.25, 0.3) is 0 Å². The number of unbranched alkanes of at least 4 members (excludes halogenated alkanes) is 1. The Morgan fingerprint density at radius 2 is 1.57 bits per heavy atom. The van der Waals surface area contributed by atoms with Gasteiger partial charge >= 0.3 is 5.97 Å². The summed E-state index contributed by atoms with van der Waals surface area (Å²) in [5.74, 6) is -0.625. The molecule has 1 atom stereocenters. The molecule has 2 N–H and O–H groups in total. The van der Waals surface area contributed by atoms with Crippen LogP contribution in [0.4, 0.5) is 0 Å². The van der Waals surface area contributed by atoms with E-state index >= 15 is 0 Å². The first-order valence-corrected chi connectivity index (χ1v) is 9.34. The van der Waals surface area contributed by atoms with Crippen molar-refractivity contribution in [2.24, 2.45) is 0 Å². The third kappa shape index (κ3) is 7.23. The Bertz CT molecular complexity index is 763. The molecule has 28 heavy (non-hydrogen) atoms. The molecule has 0 aliphatic heterocycles. The van der Waals surface area contributed by atoms with Crippen molar-refractivity contribution in [2.45, 2.75) is 31.7 Å². The maximum absolute atomic E-state index is 12.5. The molecule has 6 nitrogen and oxygen atoms in total. The average Bonchev–Trinajstić information content (AvgIpc) is 2.74. The molecule has 0 aromatic heterocycles. The molecule has 0 aliphatic carbocycles. The van der Waals surface area contributed by atoms with E-state index < -0.39 is 6.04 Å². The fraction of sp³-hybridized carbons (Fsp3) is 0.318. The maximum atomic E-state index is 12.5. The second-order valence-electron chi connectivity index (χ2n) is 6.39. The van der Waals surface area contributed by atoms with E-state index in [1.54, 1.807) is 24.3 Å². The summed E-state index contributed by atoms with van der Waals surface area (Å²) in [5, 5.41) is 5.79. The van der Waals surface area contributed by atoms with E-state index in [0.717, 1.165) is 5.56 Å². The van der Waals surface area contributed by atoms with E-state index in [1.165, 1.54) is 7.11 Å². The van der Waals surface area contributed by atoms with Crippen LogP contribution in [-0.4, -0.2) is 31.4 Å². The molecule has 0 saturated carbocycles. The quantitative estimate of drug-likeness (QED) is 0.489. The van der Waals surface area contributed by atoms with Gasteiger partial charge in [0, 0.05) is 18.5 Å². The van der Waals surface area contributed by atoms with E-state index in [9.17, 15) is 14.4 Å². The maximum Gasteiger partial charge on any atom is 0.305 e. The van der Waals surface area contributed by atoms with Gasteiger partial charge in [-0.2, -0.15) is 0 Å². The van der Waals surface area contributed by atoms with Crippen molar-refractivity contribution in [3.63, 3.8) is 0 Å². The highest BCUT2D eigenvalue weighted by Crippen LogP contribution is 2.17. The molecule has 6 heteroatoms. The number of ether oxygens (including phenoxy) is 1. The minimum Gasteiger partial charge on any atom is -0.469 e. The van der Waals surface area contributed by atoms with Crippen LogP contribution in [0, 0.1) is 0 Å². The minimum absolute atomic E-state index is 0.138. The van der Waals surface area contributed by atoms with Gasteiger partial charge in [-0.05, 0) is 30.5 Å². The summed E-state index contributed by atoms with van der Waals surface area (Å²) in [6.45, 7) is 0.476. The van der Waals surface area contributed by atoms with Crippen LogP contribution in [0.3, 0.4) is 0 Å².